The first-order valence-corrected chi connectivity index (χ1v) is 18.0. The fourth-order valence-electron chi connectivity index (χ4n) is 6.21. The fraction of sp³-hybridized carbons (Fsp3) is 0.515. The van der Waals surface area contributed by atoms with E-state index in [1.165, 1.54) is 4.90 Å². The Kier molecular flexibility index (Phi) is 10.8. The number of ether oxygens (including phenoxy) is 1. The molecule has 5 rings (SSSR count). The van der Waals surface area contributed by atoms with Crippen molar-refractivity contribution in [2.75, 3.05) is 32.4 Å². The molecule has 16 heteroatoms. The van der Waals surface area contributed by atoms with E-state index in [9.17, 15) is 23.2 Å². The van der Waals surface area contributed by atoms with Crippen LogP contribution in [0.5, 0.6) is 0 Å². The maximum atomic E-state index is 13.3. The molecule has 3 aromatic rings. The molecule has 49 heavy (non-hydrogen) atoms. The number of hydrogen-bond acceptors (Lipinski definition) is 8. The minimum Gasteiger partial charge on any atom is -0.365 e. The summed E-state index contributed by atoms with van der Waals surface area (Å²) in [6, 6.07) is 3.89. The van der Waals surface area contributed by atoms with Crippen LogP contribution in [0.2, 0.25) is 5.04 Å². The number of hydrogen-bond donors (Lipinski definition) is 1. The van der Waals surface area contributed by atoms with Gasteiger partial charge in [0.05, 0.1) is 45.2 Å². The number of urea groups is 1. The number of aromatic nitrogens is 5. The molecule has 2 saturated heterocycles. The van der Waals surface area contributed by atoms with Gasteiger partial charge >= 0.3 is 12.2 Å². The standard InChI is InChI=1S/C33H43F3N10O2Si/c1-23(33(34,35)36)27(6-12-38-5)42-30(47)43-13-7-25(8-14-43)45-18-32(19-45,10-11-37)46-17-24(16-41-46)28-26-9-15-44(29(26)40-20-39-28)21-48-22-49-31(2,3)4/h6,9,12,15-17,20,25H,5,7-8,10,13-14,18-19,21-22,49H2,1-4H3,(H,42,47)/b12-6-,27-23-. The monoisotopic (exact) mass is 696 g/mol. The zero-order valence-corrected chi connectivity index (χ0v) is 29.8. The molecule has 0 atom stereocenters. The molecule has 5 heterocycles. The summed E-state index contributed by atoms with van der Waals surface area (Å²) in [4.78, 5) is 29.2. The smallest absolute Gasteiger partial charge is 0.365 e. The Labute approximate surface area is 286 Å². The Morgan fingerprint density at radius 1 is 1.27 bits per heavy atom. The van der Waals surface area contributed by atoms with Crippen LogP contribution < -0.4 is 5.32 Å². The van der Waals surface area contributed by atoms with E-state index >= 15 is 0 Å². The maximum absolute atomic E-state index is 13.3. The summed E-state index contributed by atoms with van der Waals surface area (Å²) in [5.41, 5.74) is 0.570. The molecule has 2 amide bonds. The molecule has 0 radical (unpaired) electrons. The first-order chi connectivity index (χ1) is 23.2. The average molecular weight is 697 g/mol. The van der Waals surface area contributed by atoms with Gasteiger partial charge in [-0.25, -0.2) is 14.8 Å². The van der Waals surface area contributed by atoms with Crippen molar-refractivity contribution in [1.82, 2.24) is 39.4 Å². The van der Waals surface area contributed by atoms with Crippen LogP contribution in [-0.4, -0.2) is 101 Å². The Morgan fingerprint density at radius 3 is 2.65 bits per heavy atom. The number of nitriles is 1. The predicted octanol–water partition coefficient (Wildman–Crippen LogP) is 4.76. The molecule has 1 N–H and O–H groups in total. The highest BCUT2D eigenvalue weighted by atomic mass is 28.2. The molecular weight excluding hydrogens is 654 g/mol. The van der Waals surface area contributed by atoms with Crippen LogP contribution in [0, 0.1) is 11.3 Å². The number of alkyl halides is 3. The summed E-state index contributed by atoms with van der Waals surface area (Å²) in [6.45, 7) is 13.3. The van der Waals surface area contributed by atoms with Crippen molar-refractivity contribution in [1.29, 1.82) is 5.26 Å². The Hall–Kier alpha value is -4.33. The summed E-state index contributed by atoms with van der Waals surface area (Å²) >= 11 is 0. The molecule has 2 aliphatic heterocycles. The highest BCUT2D eigenvalue weighted by Gasteiger charge is 2.48. The van der Waals surface area contributed by atoms with Gasteiger partial charge in [0.1, 0.15) is 24.2 Å². The minimum absolute atomic E-state index is 0.164. The van der Waals surface area contributed by atoms with Crippen LogP contribution in [-0.2, 0) is 17.0 Å². The number of halogens is 3. The van der Waals surface area contributed by atoms with Gasteiger partial charge in [0.25, 0.3) is 0 Å². The number of nitrogens with zero attached hydrogens (tertiary/aromatic N) is 9. The molecule has 0 spiro atoms. The van der Waals surface area contributed by atoms with Crippen LogP contribution >= 0.6 is 0 Å². The van der Waals surface area contributed by atoms with Crippen molar-refractivity contribution in [2.45, 2.75) is 76.5 Å². The lowest BCUT2D eigenvalue weighted by atomic mass is 9.84. The molecule has 0 bridgehead atoms. The van der Waals surface area contributed by atoms with Crippen LogP contribution in [0.15, 0.2) is 59.5 Å². The van der Waals surface area contributed by atoms with Crippen LogP contribution in [0.4, 0.5) is 18.0 Å². The van der Waals surface area contributed by atoms with Gasteiger partial charge in [-0.15, -0.1) is 0 Å². The molecule has 0 aliphatic carbocycles. The second kappa shape index (κ2) is 14.6. The number of aliphatic imine (C=N–C) groups is 1. The molecule has 0 aromatic carbocycles. The van der Waals surface area contributed by atoms with Crippen molar-refractivity contribution < 1.29 is 22.7 Å². The van der Waals surface area contributed by atoms with Gasteiger partial charge in [-0.1, -0.05) is 20.8 Å². The van der Waals surface area contributed by atoms with Crippen molar-refractivity contribution in [3.63, 3.8) is 0 Å². The van der Waals surface area contributed by atoms with Crippen molar-refractivity contribution in [2.24, 2.45) is 4.99 Å². The average Bonchev–Trinajstić information content (AvgIpc) is 3.70. The molecule has 12 nitrogen and oxygen atoms in total. The van der Waals surface area contributed by atoms with Crippen molar-refractivity contribution in [3.05, 3.63) is 54.5 Å². The fourth-order valence-corrected chi connectivity index (χ4v) is 7.09. The van der Waals surface area contributed by atoms with Gasteiger partial charge in [-0.05, 0) is 43.7 Å². The van der Waals surface area contributed by atoms with Crippen molar-refractivity contribution in [3.8, 4) is 17.3 Å². The number of likely N-dealkylation sites (tertiary alicyclic amines) is 2. The number of allylic oxidation sites excluding steroid dienone is 2. The SMILES string of the molecule is C=N/C=C\C(NC(=O)N1CCC(N2CC(CC#N)(n3cc(-c4ncnc5c4ccn5COC[SiH2]C(C)(C)C)cn3)C2)CC1)=C(/C)C(F)(F)F. The second-order valence-electron chi connectivity index (χ2n) is 13.9. The van der Waals surface area contributed by atoms with E-state index in [1.807, 2.05) is 27.7 Å². The number of amides is 2. The van der Waals surface area contributed by atoms with E-state index in [1.54, 1.807) is 12.5 Å². The number of rotatable bonds is 11. The van der Waals surface area contributed by atoms with Gasteiger partial charge in [-0.3, -0.25) is 14.6 Å². The lowest BCUT2D eigenvalue weighted by Gasteiger charge is -2.53. The summed E-state index contributed by atoms with van der Waals surface area (Å²) in [5, 5.41) is 18.1. The minimum atomic E-state index is -4.60. The molecule has 2 aliphatic rings. The first kappa shape index (κ1) is 36.0. The van der Waals surface area contributed by atoms with E-state index in [4.69, 9.17) is 4.74 Å². The highest BCUT2D eigenvalue weighted by molar-refractivity contribution is 6.39. The lowest BCUT2D eigenvalue weighted by Crippen LogP contribution is -2.66. The Morgan fingerprint density at radius 2 is 2.00 bits per heavy atom. The third-order valence-electron chi connectivity index (χ3n) is 9.21. The van der Waals surface area contributed by atoms with Crippen LogP contribution in [0.3, 0.4) is 0 Å². The number of nitrogens with one attached hydrogen (secondary N) is 1. The lowest BCUT2D eigenvalue weighted by molar-refractivity contribution is -0.0921. The second-order valence-corrected chi connectivity index (χ2v) is 16.9. The van der Waals surface area contributed by atoms with E-state index in [2.05, 4.69) is 63.8 Å². The molecule has 3 aromatic heterocycles. The van der Waals surface area contributed by atoms with Crippen molar-refractivity contribution >= 4 is 33.3 Å². The third kappa shape index (κ3) is 8.28. The molecule has 262 valence electrons. The van der Waals surface area contributed by atoms with Gasteiger partial charge < -0.3 is 19.5 Å². The van der Waals surface area contributed by atoms with Gasteiger partial charge in [0.15, 0.2) is 0 Å². The van der Waals surface area contributed by atoms with E-state index in [-0.39, 0.29) is 27.7 Å². The zero-order chi connectivity index (χ0) is 35.4. The predicted molar refractivity (Wildman–Crippen MR) is 183 cm³/mol. The van der Waals surface area contributed by atoms with E-state index in [0.717, 1.165) is 47.7 Å². The molecule has 0 unspecified atom stereocenters. The summed E-state index contributed by atoms with van der Waals surface area (Å²) in [6.07, 6.45) is 7.18. The van der Waals surface area contributed by atoms with Gasteiger partial charge in [0, 0.05) is 68.0 Å². The molecular formula is C33H43F3N10O2Si. The van der Waals surface area contributed by atoms with Gasteiger partial charge in [-0.2, -0.15) is 23.5 Å². The zero-order valence-electron chi connectivity index (χ0n) is 28.4. The van der Waals surface area contributed by atoms with Crippen LogP contribution in [0.1, 0.15) is 47.0 Å². The Balaban J connectivity index is 1.21. The summed E-state index contributed by atoms with van der Waals surface area (Å²) in [7, 11) is -0.356. The number of fused-ring (bicyclic) bond motifs is 1. The number of carbonyl (C=O) groups is 1. The molecule has 2 fully saturated rings. The first-order valence-electron chi connectivity index (χ1n) is 16.3. The maximum Gasteiger partial charge on any atom is 0.414 e. The normalized spacial score (nSPS) is 18.2. The number of carbonyl (C=O) groups excluding carboxylic acids is 1. The van der Waals surface area contributed by atoms with Gasteiger partial charge in [0.2, 0.25) is 0 Å². The highest BCUT2D eigenvalue weighted by Crippen LogP contribution is 2.37. The quantitative estimate of drug-likeness (QED) is 0.133. The van der Waals surface area contributed by atoms with E-state index < -0.39 is 23.3 Å². The van der Waals surface area contributed by atoms with Crippen LogP contribution in [0.25, 0.3) is 22.3 Å². The number of piperidine rings is 1. The van der Waals surface area contributed by atoms with E-state index in [0.29, 0.717) is 50.8 Å². The summed E-state index contributed by atoms with van der Waals surface area (Å²) < 4.78 is 49.8. The topological polar surface area (TPSA) is 129 Å². The third-order valence-corrected chi connectivity index (χ3v) is 11.2. The Bertz CT molecular complexity index is 1750. The molecule has 0 saturated carbocycles. The summed E-state index contributed by atoms with van der Waals surface area (Å²) in [5.74, 6) is 0. The largest absolute Gasteiger partial charge is 0.414 e.